The van der Waals surface area contributed by atoms with Crippen LogP contribution in [0.4, 0.5) is 0 Å². The molecule has 0 amide bonds. The minimum absolute atomic E-state index is 0.00363. The molecule has 0 spiro atoms. The first-order valence-electron chi connectivity index (χ1n) is 16.9. The summed E-state index contributed by atoms with van der Waals surface area (Å²) in [6.07, 6.45) is 8.11. The molecule has 4 atom stereocenters. The van der Waals surface area contributed by atoms with Crippen molar-refractivity contribution in [2.75, 3.05) is 19.6 Å². The molecule has 2 aromatic carbocycles. The van der Waals surface area contributed by atoms with Crippen LogP contribution < -0.4 is 0 Å². The number of fused-ring (bicyclic) bond motifs is 8. The molecular formula is C39H48ClNO4S. The van der Waals surface area contributed by atoms with Gasteiger partial charge in [0.15, 0.2) is 0 Å². The lowest BCUT2D eigenvalue weighted by Crippen LogP contribution is -2.55. The van der Waals surface area contributed by atoms with E-state index in [0.717, 1.165) is 52.1 Å². The Kier molecular flexibility index (Phi) is 9.70. The minimum atomic E-state index is -0.957. The molecule has 2 fully saturated rings. The first kappa shape index (κ1) is 33.6. The highest BCUT2D eigenvalue weighted by Gasteiger charge is 2.57. The first-order chi connectivity index (χ1) is 21.9. The number of carbonyl (C=O) groups is 1. The third kappa shape index (κ3) is 6.67. The van der Waals surface area contributed by atoms with Crippen LogP contribution in [0.15, 0.2) is 66.2 Å². The van der Waals surface area contributed by atoms with Gasteiger partial charge in [-0.05, 0) is 125 Å². The summed E-state index contributed by atoms with van der Waals surface area (Å²) in [7, 11) is 0. The molecule has 7 heteroatoms. The fraction of sp³-hybridized carbons (Fsp3) is 0.513. The second-order valence-corrected chi connectivity index (χ2v) is 16.2. The first-order valence-corrected chi connectivity index (χ1v) is 18.1. The normalized spacial score (nSPS) is 28.8. The van der Waals surface area contributed by atoms with Gasteiger partial charge in [0.05, 0.1) is 22.2 Å². The van der Waals surface area contributed by atoms with Gasteiger partial charge >= 0.3 is 0 Å². The van der Waals surface area contributed by atoms with E-state index in [1.165, 1.54) is 16.9 Å². The molecule has 1 saturated heterocycles. The van der Waals surface area contributed by atoms with Crippen molar-refractivity contribution in [2.24, 2.45) is 5.41 Å². The second-order valence-electron chi connectivity index (χ2n) is 14.5. The lowest BCUT2D eigenvalue weighted by molar-refractivity contribution is -0.101. The third-order valence-corrected chi connectivity index (χ3v) is 12.7. The molecule has 46 heavy (non-hydrogen) atoms. The van der Waals surface area contributed by atoms with Crippen LogP contribution in [0.5, 0.6) is 0 Å². The predicted molar refractivity (Wildman–Crippen MR) is 187 cm³/mol. The van der Waals surface area contributed by atoms with Crippen molar-refractivity contribution in [2.45, 2.75) is 102 Å². The molecule has 1 aliphatic heterocycles. The average Bonchev–Trinajstić information content (AvgIpc) is 3.57. The molecule has 1 saturated carbocycles. The van der Waals surface area contributed by atoms with Crippen LogP contribution in [0.1, 0.15) is 108 Å². The number of aryl methyl sites for hydroxylation is 1. The predicted octanol–water partition coefficient (Wildman–Crippen LogP) is 7.96. The maximum absolute atomic E-state index is 14.1. The number of aliphatic hydroxyl groups is 3. The molecular weight excluding hydrogens is 614 g/mol. The molecule has 7 rings (SSSR count). The summed E-state index contributed by atoms with van der Waals surface area (Å²) in [6, 6.07) is 17.6. The van der Waals surface area contributed by atoms with Crippen LogP contribution in [0.25, 0.3) is 0 Å². The Morgan fingerprint density at radius 1 is 0.978 bits per heavy atom. The Morgan fingerprint density at radius 3 is 2.41 bits per heavy atom. The van der Waals surface area contributed by atoms with E-state index in [0.29, 0.717) is 62.3 Å². The summed E-state index contributed by atoms with van der Waals surface area (Å²) in [4.78, 5) is 18.3. The van der Waals surface area contributed by atoms with Gasteiger partial charge in [-0.25, -0.2) is 0 Å². The Bertz CT molecular complexity index is 1590. The largest absolute Gasteiger partial charge is 0.393 e. The van der Waals surface area contributed by atoms with Crippen LogP contribution in [0, 0.1) is 12.3 Å². The van der Waals surface area contributed by atoms with Gasteiger partial charge in [-0.1, -0.05) is 54.4 Å². The van der Waals surface area contributed by atoms with Crippen LogP contribution in [0.3, 0.4) is 0 Å². The van der Waals surface area contributed by atoms with Gasteiger partial charge in [0, 0.05) is 40.5 Å². The van der Waals surface area contributed by atoms with E-state index in [1.54, 1.807) is 0 Å². The number of hydrogen-bond acceptors (Lipinski definition) is 6. The molecule has 5 nitrogen and oxygen atoms in total. The lowest BCUT2D eigenvalue weighted by atomic mass is 9.64. The smallest absolute Gasteiger partial charge is 0.203 e. The highest BCUT2D eigenvalue weighted by atomic mass is 35.5. The van der Waals surface area contributed by atoms with Crippen LogP contribution in [0.2, 0.25) is 5.02 Å². The average molecular weight is 662 g/mol. The van der Waals surface area contributed by atoms with E-state index in [4.69, 9.17) is 11.6 Å². The van der Waals surface area contributed by atoms with E-state index in [-0.39, 0.29) is 11.7 Å². The summed E-state index contributed by atoms with van der Waals surface area (Å²) in [5.41, 5.74) is 2.54. The number of piperidine rings is 1. The van der Waals surface area contributed by atoms with E-state index in [1.807, 2.05) is 49.4 Å². The molecule has 3 aromatic rings. The number of carbonyl (C=O) groups excluding carboxylic acids is 1. The Balaban J connectivity index is 1.32. The van der Waals surface area contributed by atoms with Crippen molar-refractivity contribution in [3.05, 3.63) is 103 Å². The number of aliphatic hydroxyl groups excluding tert-OH is 1. The molecule has 3 aliphatic carbocycles. The second kappa shape index (κ2) is 13.3. The van der Waals surface area contributed by atoms with Crippen molar-refractivity contribution < 1.29 is 20.1 Å². The molecule has 0 radical (unpaired) electrons. The monoisotopic (exact) mass is 661 g/mol. The maximum Gasteiger partial charge on any atom is 0.203 e. The van der Waals surface area contributed by atoms with Gasteiger partial charge in [-0.3, -0.25) is 4.79 Å². The minimum Gasteiger partial charge on any atom is -0.393 e. The topological polar surface area (TPSA) is 81.0 Å². The SMILES string of the molecule is CC1=CCC[C@@]2(C)[C@@H](CC[C@@]2(O)CN2CCC(O)(c3ccc(Cl)cc3)CC2)c2ccc(cc2C(=O)c2ccc(C)s2)C[C@@H](O)CC1. The molecule has 246 valence electrons. The zero-order valence-electron chi connectivity index (χ0n) is 27.4. The van der Waals surface area contributed by atoms with Crippen LogP contribution in [-0.4, -0.2) is 57.3 Å². The summed E-state index contributed by atoms with van der Waals surface area (Å²) in [5.74, 6) is 0.0338. The van der Waals surface area contributed by atoms with Crippen molar-refractivity contribution >= 4 is 28.7 Å². The number of nitrogens with zero attached hydrogens (tertiary/aromatic N) is 1. The number of rotatable bonds is 5. The van der Waals surface area contributed by atoms with Crippen LogP contribution >= 0.6 is 22.9 Å². The van der Waals surface area contributed by atoms with Gasteiger partial charge in [-0.2, -0.15) is 0 Å². The summed E-state index contributed by atoms with van der Waals surface area (Å²) < 4.78 is 0. The molecule has 0 unspecified atom stereocenters. The Hall–Kier alpha value is -2.32. The standard InChI is InChI=1S/C39H48ClNO4S/c1-26-5-4-17-37(3)34(16-18-39(37,45)25-41-21-19-38(44,20-22-41)29-9-11-30(40)12-10-29)32-14-8-28(23-31(42)13-6-26)24-33(32)36(43)35-15-7-27(2)46-35/h5,7-12,14-15,24,31,34,42,44-45H,4,6,13,16-23,25H2,1-3H3/t31-,34-,37-,39+/m0/s1. The quantitative estimate of drug-likeness (QED) is 0.191. The summed E-state index contributed by atoms with van der Waals surface area (Å²) in [6.45, 7) is 8.34. The van der Waals surface area contributed by atoms with Crippen molar-refractivity contribution in [1.29, 1.82) is 0 Å². The zero-order valence-corrected chi connectivity index (χ0v) is 29.0. The number of benzene rings is 2. The number of allylic oxidation sites excluding steroid dienone is 2. The summed E-state index contributed by atoms with van der Waals surface area (Å²) >= 11 is 7.63. The molecule has 1 aromatic heterocycles. The van der Waals surface area contributed by atoms with Crippen molar-refractivity contribution in [3.8, 4) is 0 Å². The fourth-order valence-electron chi connectivity index (χ4n) is 8.39. The Labute approximate surface area is 282 Å². The molecule has 2 heterocycles. The van der Waals surface area contributed by atoms with E-state index < -0.39 is 22.7 Å². The molecule has 2 bridgehead atoms. The number of thiophene rings is 1. The van der Waals surface area contributed by atoms with Gasteiger partial charge < -0.3 is 20.2 Å². The van der Waals surface area contributed by atoms with Gasteiger partial charge in [0.1, 0.15) is 0 Å². The lowest BCUT2D eigenvalue weighted by Gasteiger charge is -2.48. The highest BCUT2D eigenvalue weighted by molar-refractivity contribution is 7.14. The number of β-amino-alcohol motifs (C(OH)–C–C–N with tert-alkyl or cyclic N) is 1. The maximum atomic E-state index is 14.1. The van der Waals surface area contributed by atoms with Crippen molar-refractivity contribution in [3.63, 3.8) is 0 Å². The number of hydrogen-bond donors (Lipinski definition) is 3. The van der Waals surface area contributed by atoms with Gasteiger partial charge in [-0.15, -0.1) is 11.3 Å². The number of halogens is 1. The molecule has 3 N–H and O–H groups in total. The van der Waals surface area contributed by atoms with E-state index >= 15 is 0 Å². The highest BCUT2D eigenvalue weighted by Crippen LogP contribution is 2.59. The number of ketones is 1. The fourth-order valence-corrected chi connectivity index (χ4v) is 9.33. The summed E-state index contributed by atoms with van der Waals surface area (Å²) in [5, 5.41) is 35.8. The van der Waals surface area contributed by atoms with Crippen LogP contribution in [-0.2, 0) is 12.0 Å². The third-order valence-electron chi connectivity index (χ3n) is 11.4. The van der Waals surface area contributed by atoms with Gasteiger partial charge in [0.2, 0.25) is 5.78 Å². The number of likely N-dealkylation sites (tertiary alicyclic amines) is 1. The van der Waals surface area contributed by atoms with E-state index in [9.17, 15) is 20.1 Å². The zero-order chi connectivity index (χ0) is 32.7. The van der Waals surface area contributed by atoms with E-state index in [2.05, 4.69) is 37.0 Å². The molecule has 4 aliphatic rings. The van der Waals surface area contributed by atoms with Gasteiger partial charge in [0.25, 0.3) is 0 Å². The van der Waals surface area contributed by atoms with Crippen molar-refractivity contribution in [1.82, 2.24) is 4.90 Å². The Morgan fingerprint density at radius 2 is 1.72 bits per heavy atom.